The molecule has 94 valence electrons. The van der Waals surface area contributed by atoms with Crippen molar-refractivity contribution in [3.63, 3.8) is 0 Å². The Balaban J connectivity index is 2.34. The molecule has 0 bridgehead atoms. The summed E-state index contributed by atoms with van der Waals surface area (Å²) in [4.78, 5) is 14.6. The maximum Gasteiger partial charge on any atom is 0.250 e. The number of nitrogens with two attached hydrogens (primary N) is 2. The normalized spacial score (nSPS) is 10.3. The van der Waals surface area contributed by atoms with Crippen LogP contribution in [0.1, 0.15) is 15.2 Å². The fraction of sp³-hybridized carbons (Fsp3) is 0.154. The lowest BCUT2D eigenvalue weighted by atomic mass is 10.1. The van der Waals surface area contributed by atoms with Gasteiger partial charge in [0.25, 0.3) is 5.91 Å². The van der Waals surface area contributed by atoms with Gasteiger partial charge in [0.1, 0.15) is 0 Å². The van der Waals surface area contributed by atoms with Gasteiger partial charge in [0.2, 0.25) is 0 Å². The second-order valence-corrected chi connectivity index (χ2v) is 5.08. The van der Waals surface area contributed by atoms with Gasteiger partial charge in [0.05, 0.1) is 23.5 Å². The molecule has 5 heteroatoms. The molecule has 0 aliphatic carbocycles. The topological polar surface area (TPSA) is 72.3 Å². The first-order valence-electron chi connectivity index (χ1n) is 5.51. The number of para-hydroxylation sites is 1. The predicted octanol–water partition coefficient (Wildman–Crippen LogP) is 2.07. The monoisotopic (exact) mass is 261 g/mol. The first-order valence-corrected chi connectivity index (χ1v) is 6.39. The Hall–Kier alpha value is -2.01. The van der Waals surface area contributed by atoms with Gasteiger partial charge in [0, 0.05) is 11.9 Å². The van der Waals surface area contributed by atoms with Crippen LogP contribution < -0.4 is 16.4 Å². The number of hydrogen-bond donors (Lipinski definition) is 2. The molecule has 0 atom stereocenters. The van der Waals surface area contributed by atoms with Crippen molar-refractivity contribution in [3.05, 3.63) is 46.2 Å². The van der Waals surface area contributed by atoms with E-state index in [4.69, 9.17) is 11.5 Å². The minimum Gasteiger partial charge on any atom is -0.397 e. The van der Waals surface area contributed by atoms with Crippen molar-refractivity contribution in [2.75, 3.05) is 17.7 Å². The number of thiophene rings is 1. The Kier molecular flexibility index (Phi) is 3.53. The Labute approximate surface area is 110 Å². The second-order valence-electron chi connectivity index (χ2n) is 4.04. The molecule has 4 N–H and O–H groups in total. The zero-order valence-corrected chi connectivity index (χ0v) is 10.9. The molecule has 0 fully saturated rings. The highest BCUT2D eigenvalue weighted by Gasteiger charge is 2.15. The SMILES string of the molecule is CN(Cc1cccs1)c1c(N)cccc1C(N)=O. The Morgan fingerprint density at radius 2 is 2.11 bits per heavy atom. The molecule has 4 nitrogen and oxygen atoms in total. The molecule has 0 spiro atoms. The average molecular weight is 261 g/mol. The maximum absolute atomic E-state index is 11.4. The van der Waals surface area contributed by atoms with Gasteiger partial charge < -0.3 is 16.4 Å². The summed E-state index contributed by atoms with van der Waals surface area (Å²) in [5.74, 6) is -0.463. The van der Waals surface area contributed by atoms with Gasteiger partial charge in [0.15, 0.2) is 0 Å². The minimum absolute atomic E-state index is 0.453. The quantitative estimate of drug-likeness (QED) is 0.827. The van der Waals surface area contributed by atoms with Gasteiger partial charge in [-0.2, -0.15) is 0 Å². The Morgan fingerprint density at radius 3 is 2.72 bits per heavy atom. The summed E-state index contributed by atoms with van der Waals surface area (Å²) in [5, 5.41) is 2.02. The molecule has 0 radical (unpaired) electrons. The fourth-order valence-corrected chi connectivity index (χ4v) is 2.66. The summed E-state index contributed by atoms with van der Waals surface area (Å²) in [6.07, 6.45) is 0. The highest BCUT2D eigenvalue weighted by molar-refractivity contribution is 7.09. The summed E-state index contributed by atoms with van der Waals surface area (Å²) >= 11 is 1.67. The summed E-state index contributed by atoms with van der Waals surface area (Å²) in [7, 11) is 1.90. The second kappa shape index (κ2) is 5.10. The van der Waals surface area contributed by atoms with Gasteiger partial charge >= 0.3 is 0 Å². The molecule has 1 aromatic carbocycles. The van der Waals surface area contributed by atoms with Crippen molar-refractivity contribution in [1.82, 2.24) is 0 Å². The van der Waals surface area contributed by atoms with Gasteiger partial charge in [-0.3, -0.25) is 4.79 Å². The molecule has 1 heterocycles. The molecule has 18 heavy (non-hydrogen) atoms. The van der Waals surface area contributed by atoms with Crippen molar-refractivity contribution in [1.29, 1.82) is 0 Å². The molecule has 0 saturated heterocycles. The number of benzene rings is 1. The predicted molar refractivity (Wildman–Crippen MR) is 75.8 cm³/mol. The number of nitrogen functional groups attached to an aromatic ring is 1. The first-order chi connectivity index (χ1) is 8.59. The molecule has 0 aliphatic rings. The third-order valence-corrected chi connectivity index (χ3v) is 3.55. The number of anilines is 2. The highest BCUT2D eigenvalue weighted by atomic mass is 32.1. The lowest BCUT2D eigenvalue weighted by molar-refractivity contribution is 0.100. The molecular weight excluding hydrogens is 246 g/mol. The molecule has 0 aliphatic heterocycles. The van der Waals surface area contributed by atoms with Crippen LogP contribution in [0.2, 0.25) is 0 Å². The zero-order valence-electron chi connectivity index (χ0n) is 10.1. The molecular formula is C13H15N3OS. The van der Waals surface area contributed by atoms with E-state index in [-0.39, 0.29) is 0 Å². The molecule has 0 unspecified atom stereocenters. The Bertz CT molecular complexity index is 551. The summed E-state index contributed by atoms with van der Waals surface area (Å²) < 4.78 is 0. The fourth-order valence-electron chi connectivity index (χ4n) is 1.90. The van der Waals surface area contributed by atoms with Crippen LogP contribution in [0.25, 0.3) is 0 Å². The number of primary amides is 1. The molecule has 0 saturated carbocycles. The summed E-state index contributed by atoms with van der Waals surface area (Å²) in [6.45, 7) is 0.701. The van der Waals surface area contributed by atoms with Crippen molar-refractivity contribution in [2.45, 2.75) is 6.54 Å². The van der Waals surface area contributed by atoms with Crippen LogP contribution in [0.15, 0.2) is 35.7 Å². The van der Waals surface area contributed by atoms with Gasteiger partial charge in [-0.25, -0.2) is 0 Å². The van der Waals surface area contributed by atoms with E-state index in [1.165, 1.54) is 4.88 Å². The average Bonchev–Trinajstić information content (AvgIpc) is 2.81. The molecule has 1 aromatic heterocycles. The van der Waals surface area contributed by atoms with Crippen LogP contribution in [-0.4, -0.2) is 13.0 Å². The van der Waals surface area contributed by atoms with Crippen LogP contribution in [0.3, 0.4) is 0 Å². The maximum atomic E-state index is 11.4. The molecule has 2 rings (SSSR count). The van der Waals surface area contributed by atoms with Crippen LogP contribution in [-0.2, 0) is 6.54 Å². The Morgan fingerprint density at radius 1 is 1.33 bits per heavy atom. The minimum atomic E-state index is -0.463. The lowest BCUT2D eigenvalue weighted by Gasteiger charge is -2.22. The van der Waals surface area contributed by atoms with Gasteiger partial charge in [-0.15, -0.1) is 11.3 Å². The van der Waals surface area contributed by atoms with E-state index in [1.807, 2.05) is 29.5 Å². The summed E-state index contributed by atoms with van der Waals surface area (Å²) in [5.41, 5.74) is 13.0. The van der Waals surface area contributed by atoms with Crippen molar-refractivity contribution >= 4 is 28.6 Å². The van der Waals surface area contributed by atoms with Crippen molar-refractivity contribution in [3.8, 4) is 0 Å². The third-order valence-electron chi connectivity index (χ3n) is 2.69. The number of nitrogens with zero attached hydrogens (tertiary/aromatic N) is 1. The van der Waals surface area contributed by atoms with Crippen molar-refractivity contribution in [2.24, 2.45) is 5.73 Å². The van der Waals surface area contributed by atoms with E-state index >= 15 is 0 Å². The van der Waals surface area contributed by atoms with Gasteiger partial charge in [-0.05, 0) is 23.6 Å². The molecule has 2 aromatic rings. The van der Waals surface area contributed by atoms with E-state index in [9.17, 15) is 4.79 Å². The highest BCUT2D eigenvalue weighted by Crippen LogP contribution is 2.28. The van der Waals surface area contributed by atoms with Gasteiger partial charge in [-0.1, -0.05) is 12.1 Å². The van der Waals surface area contributed by atoms with Crippen LogP contribution in [0.5, 0.6) is 0 Å². The van der Waals surface area contributed by atoms with Crippen LogP contribution in [0.4, 0.5) is 11.4 Å². The van der Waals surface area contributed by atoms with Crippen LogP contribution in [0, 0.1) is 0 Å². The lowest BCUT2D eigenvalue weighted by Crippen LogP contribution is -2.22. The standard InChI is InChI=1S/C13H15N3OS/c1-16(8-9-4-3-7-18-9)12-10(13(15)17)5-2-6-11(12)14/h2-7H,8,14H2,1H3,(H2,15,17). The van der Waals surface area contributed by atoms with E-state index in [0.717, 1.165) is 0 Å². The number of carbonyl (C=O) groups excluding carboxylic acids is 1. The number of hydrogen-bond acceptors (Lipinski definition) is 4. The number of carbonyl (C=O) groups is 1. The van der Waals surface area contributed by atoms with E-state index < -0.39 is 5.91 Å². The largest absolute Gasteiger partial charge is 0.397 e. The van der Waals surface area contributed by atoms with E-state index in [0.29, 0.717) is 23.5 Å². The van der Waals surface area contributed by atoms with E-state index in [1.54, 1.807) is 29.5 Å². The van der Waals surface area contributed by atoms with Crippen LogP contribution >= 0.6 is 11.3 Å². The van der Waals surface area contributed by atoms with E-state index in [2.05, 4.69) is 0 Å². The van der Waals surface area contributed by atoms with Crippen molar-refractivity contribution < 1.29 is 4.79 Å². The zero-order chi connectivity index (χ0) is 13.1. The summed E-state index contributed by atoms with van der Waals surface area (Å²) in [6, 6.07) is 9.24. The number of rotatable bonds is 4. The number of amides is 1. The third kappa shape index (κ3) is 2.46. The smallest absolute Gasteiger partial charge is 0.250 e. The molecule has 1 amide bonds. The first kappa shape index (κ1) is 12.4.